The minimum atomic E-state index is 0.0689. The lowest BCUT2D eigenvalue weighted by atomic mass is 10.4. The lowest BCUT2D eigenvalue weighted by Crippen LogP contribution is -2.15. The Morgan fingerprint density at radius 2 is 2.44 bits per heavy atom. The Morgan fingerprint density at radius 1 is 1.67 bits per heavy atom. The Kier molecular flexibility index (Phi) is 1.32. The summed E-state index contributed by atoms with van der Waals surface area (Å²) in [5.41, 5.74) is 0. The highest BCUT2D eigenvalue weighted by atomic mass is 79.9. The topological polar surface area (TPSA) is 18.5 Å². The Morgan fingerprint density at radius 3 is 2.78 bits per heavy atom. The van der Waals surface area contributed by atoms with E-state index in [9.17, 15) is 0 Å². The molecule has 0 N–H and O–H groups in total. The van der Waals surface area contributed by atoms with E-state index in [1.54, 1.807) is 7.11 Å². The van der Waals surface area contributed by atoms with Gasteiger partial charge in [0.2, 0.25) is 0 Å². The van der Waals surface area contributed by atoms with Gasteiger partial charge >= 0.3 is 0 Å². The molecular formula is C6H9BrO2. The van der Waals surface area contributed by atoms with E-state index >= 15 is 0 Å². The molecule has 52 valence electrons. The second kappa shape index (κ2) is 1.94. The highest BCUT2D eigenvalue weighted by molar-refractivity contribution is 9.09. The van der Waals surface area contributed by atoms with E-state index < -0.39 is 0 Å². The first-order chi connectivity index (χ1) is 4.34. The van der Waals surface area contributed by atoms with E-state index in [0.29, 0.717) is 10.7 Å². The second-order valence-corrected chi connectivity index (χ2v) is 3.68. The summed E-state index contributed by atoms with van der Waals surface area (Å²) in [5.74, 6) is 1.37. The van der Waals surface area contributed by atoms with E-state index in [1.165, 1.54) is 0 Å². The van der Waals surface area contributed by atoms with Gasteiger partial charge in [-0.15, -0.1) is 0 Å². The van der Waals surface area contributed by atoms with Crippen molar-refractivity contribution >= 4 is 15.9 Å². The SMILES string of the molecule is COC1OCC2C(Br)C12. The average Bonchev–Trinajstić information content (AvgIpc) is 2.41. The van der Waals surface area contributed by atoms with Crippen molar-refractivity contribution in [1.29, 1.82) is 0 Å². The monoisotopic (exact) mass is 192 g/mol. The number of fused-ring (bicyclic) bond motifs is 1. The second-order valence-electron chi connectivity index (χ2n) is 2.62. The molecule has 9 heavy (non-hydrogen) atoms. The quantitative estimate of drug-likeness (QED) is 0.578. The van der Waals surface area contributed by atoms with E-state index in [-0.39, 0.29) is 6.29 Å². The molecule has 2 aliphatic rings. The number of alkyl halides is 1. The molecule has 2 rings (SSSR count). The molecule has 1 heterocycles. The number of hydrogen-bond acceptors (Lipinski definition) is 2. The predicted molar refractivity (Wildman–Crippen MR) is 36.4 cm³/mol. The summed E-state index contributed by atoms with van der Waals surface area (Å²) in [5, 5.41) is 0. The normalized spacial score (nSPS) is 55.3. The molecule has 1 aliphatic carbocycles. The van der Waals surface area contributed by atoms with Gasteiger partial charge in [-0.1, -0.05) is 15.9 Å². The largest absolute Gasteiger partial charge is 0.356 e. The molecule has 4 unspecified atom stereocenters. The van der Waals surface area contributed by atoms with Gasteiger partial charge in [-0.2, -0.15) is 0 Å². The Balaban J connectivity index is 1.99. The molecule has 0 bridgehead atoms. The van der Waals surface area contributed by atoms with Crippen LogP contribution in [0.3, 0.4) is 0 Å². The van der Waals surface area contributed by atoms with Crippen molar-refractivity contribution in [1.82, 2.24) is 0 Å². The molecule has 3 heteroatoms. The van der Waals surface area contributed by atoms with Crippen LogP contribution in [0.25, 0.3) is 0 Å². The van der Waals surface area contributed by atoms with E-state index in [4.69, 9.17) is 9.47 Å². The lowest BCUT2D eigenvalue weighted by Gasteiger charge is -2.09. The van der Waals surface area contributed by atoms with E-state index in [1.807, 2.05) is 0 Å². The molecule has 2 fully saturated rings. The molecule has 4 atom stereocenters. The Bertz CT molecular complexity index is 128. The molecule has 0 aromatic rings. The molecular weight excluding hydrogens is 184 g/mol. The minimum Gasteiger partial charge on any atom is -0.356 e. The fourth-order valence-corrected chi connectivity index (χ4v) is 2.42. The zero-order valence-electron chi connectivity index (χ0n) is 5.21. The summed E-state index contributed by atoms with van der Waals surface area (Å²) in [7, 11) is 1.70. The molecule has 0 aromatic carbocycles. The van der Waals surface area contributed by atoms with Crippen LogP contribution >= 0.6 is 15.9 Å². The zero-order valence-corrected chi connectivity index (χ0v) is 6.80. The van der Waals surface area contributed by atoms with Gasteiger partial charge in [-0.3, -0.25) is 0 Å². The summed E-state index contributed by atoms with van der Waals surface area (Å²) < 4.78 is 10.4. The first-order valence-corrected chi connectivity index (χ1v) is 4.04. The number of halogens is 1. The van der Waals surface area contributed by atoms with Gasteiger partial charge in [0, 0.05) is 23.8 Å². The molecule has 1 saturated heterocycles. The standard InChI is InChI=1S/C6H9BrO2/c1-8-6-4-3(2-9-6)5(4)7/h3-6H,2H2,1H3. The van der Waals surface area contributed by atoms with Crippen LogP contribution in [0, 0.1) is 11.8 Å². The average molecular weight is 193 g/mol. The molecule has 0 spiro atoms. The van der Waals surface area contributed by atoms with E-state index in [0.717, 1.165) is 12.5 Å². The first-order valence-electron chi connectivity index (χ1n) is 3.13. The summed E-state index contributed by atoms with van der Waals surface area (Å²) in [6, 6.07) is 0. The molecule has 0 aromatic heterocycles. The van der Waals surface area contributed by atoms with E-state index in [2.05, 4.69) is 15.9 Å². The third kappa shape index (κ3) is 0.751. The van der Waals surface area contributed by atoms with Gasteiger partial charge in [-0.05, 0) is 0 Å². The smallest absolute Gasteiger partial charge is 0.161 e. The van der Waals surface area contributed by atoms with Crippen LogP contribution in [-0.2, 0) is 9.47 Å². The Hall–Kier alpha value is 0.400. The molecule has 0 amide bonds. The lowest BCUT2D eigenvalue weighted by molar-refractivity contribution is -0.108. The van der Waals surface area contributed by atoms with Crippen LogP contribution in [0.15, 0.2) is 0 Å². The Labute approximate surface area is 62.6 Å². The number of rotatable bonds is 1. The van der Waals surface area contributed by atoms with Gasteiger partial charge in [-0.25, -0.2) is 0 Å². The summed E-state index contributed by atoms with van der Waals surface area (Å²) in [6.45, 7) is 0.874. The zero-order chi connectivity index (χ0) is 6.43. The van der Waals surface area contributed by atoms with Crippen molar-refractivity contribution in [2.24, 2.45) is 11.8 Å². The van der Waals surface area contributed by atoms with Crippen molar-refractivity contribution in [3.63, 3.8) is 0 Å². The van der Waals surface area contributed by atoms with Crippen LogP contribution in [0.2, 0.25) is 0 Å². The fourth-order valence-electron chi connectivity index (χ4n) is 1.45. The maximum Gasteiger partial charge on any atom is 0.161 e. The van der Waals surface area contributed by atoms with Crippen LogP contribution in [-0.4, -0.2) is 24.8 Å². The van der Waals surface area contributed by atoms with Crippen molar-refractivity contribution in [2.45, 2.75) is 11.1 Å². The summed E-state index contributed by atoms with van der Waals surface area (Å²) >= 11 is 3.55. The number of hydrogen-bond donors (Lipinski definition) is 0. The third-order valence-corrected chi connectivity index (χ3v) is 3.42. The van der Waals surface area contributed by atoms with Gasteiger partial charge in [0.15, 0.2) is 6.29 Å². The van der Waals surface area contributed by atoms with Crippen LogP contribution in [0.4, 0.5) is 0 Å². The van der Waals surface area contributed by atoms with Crippen molar-refractivity contribution in [2.75, 3.05) is 13.7 Å². The highest BCUT2D eigenvalue weighted by Crippen LogP contribution is 2.53. The summed E-state index contributed by atoms with van der Waals surface area (Å²) in [6.07, 6.45) is 0.0689. The third-order valence-electron chi connectivity index (χ3n) is 2.13. The molecule has 1 saturated carbocycles. The van der Waals surface area contributed by atoms with Crippen LogP contribution < -0.4 is 0 Å². The van der Waals surface area contributed by atoms with Crippen molar-refractivity contribution in [3.8, 4) is 0 Å². The number of methoxy groups -OCH3 is 1. The molecule has 0 radical (unpaired) electrons. The molecule has 1 aliphatic heterocycles. The van der Waals surface area contributed by atoms with Gasteiger partial charge in [0.25, 0.3) is 0 Å². The maximum absolute atomic E-state index is 5.28. The molecule has 2 nitrogen and oxygen atoms in total. The highest BCUT2D eigenvalue weighted by Gasteiger charge is 2.58. The van der Waals surface area contributed by atoms with Crippen LogP contribution in [0.5, 0.6) is 0 Å². The van der Waals surface area contributed by atoms with Gasteiger partial charge < -0.3 is 9.47 Å². The summed E-state index contributed by atoms with van der Waals surface area (Å²) in [4.78, 5) is 0.663. The van der Waals surface area contributed by atoms with Gasteiger partial charge in [0.05, 0.1) is 6.61 Å². The fraction of sp³-hybridized carbons (Fsp3) is 1.00. The minimum absolute atomic E-state index is 0.0689. The predicted octanol–water partition coefficient (Wildman–Crippen LogP) is 0.999. The van der Waals surface area contributed by atoms with Crippen molar-refractivity contribution in [3.05, 3.63) is 0 Å². The van der Waals surface area contributed by atoms with Gasteiger partial charge in [0.1, 0.15) is 0 Å². The van der Waals surface area contributed by atoms with Crippen LogP contribution in [0.1, 0.15) is 0 Å². The maximum atomic E-state index is 5.28. The number of ether oxygens (including phenoxy) is 2. The first kappa shape index (κ1) is 6.13. The van der Waals surface area contributed by atoms with Crippen molar-refractivity contribution < 1.29 is 9.47 Å².